The molecule has 30 heavy (non-hydrogen) atoms. The van der Waals surface area contributed by atoms with E-state index in [-0.39, 0.29) is 17.7 Å². The average Bonchev–Trinajstić information content (AvgIpc) is 2.81. The Hall–Kier alpha value is -3.28. The average molecular weight is 408 g/mol. The second-order valence-electron chi connectivity index (χ2n) is 7.25. The van der Waals surface area contributed by atoms with E-state index in [4.69, 9.17) is 9.47 Å². The smallest absolute Gasteiger partial charge is 0.246 e. The SMILES string of the molecule is COc1ccc(/C=C/C(=O)N2CCC(C(=O)NCc3ccccc3)CC2)cc1OC. The molecule has 0 spiro atoms. The van der Waals surface area contributed by atoms with Crippen LogP contribution >= 0.6 is 0 Å². The Bertz CT molecular complexity index is 887. The highest BCUT2D eigenvalue weighted by molar-refractivity contribution is 5.92. The van der Waals surface area contributed by atoms with Gasteiger partial charge < -0.3 is 19.7 Å². The van der Waals surface area contributed by atoms with Crippen LogP contribution in [0.2, 0.25) is 0 Å². The van der Waals surface area contributed by atoms with E-state index < -0.39 is 0 Å². The van der Waals surface area contributed by atoms with E-state index in [1.165, 1.54) is 0 Å². The van der Waals surface area contributed by atoms with Gasteiger partial charge in [-0.3, -0.25) is 9.59 Å². The first-order valence-corrected chi connectivity index (χ1v) is 10.1. The van der Waals surface area contributed by atoms with Crippen LogP contribution in [0.1, 0.15) is 24.0 Å². The number of ether oxygens (including phenoxy) is 2. The molecule has 1 fully saturated rings. The van der Waals surface area contributed by atoms with Crippen LogP contribution in [0.5, 0.6) is 11.5 Å². The van der Waals surface area contributed by atoms with Crippen LogP contribution in [0, 0.1) is 5.92 Å². The maximum absolute atomic E-state index is 12.5. The van der Waals surface area contributed by atoms with Crippen molar-refractivity contribution in [2.75, 3.05) is 27.3 Å². The standard InChI is InChI=1S/C24H28N2O4/c1-29-21-10-8-18(16-22(21)30-2)9-11-23(27)26-14-12-20(13-15-26)24(28)25-17-19-6-4-3-5-7-19/h3-11,16,20H,12-15,17H2,1-2H3,(H,25,28)/b11-9+. The van der Waals surface area contributed by atoms with Gasteiger partial charge in [-0.15, -0.1) is 0 Å². The van der Waals surface area contributed by atoms with Crippen LogP contribution in [-0.4, -0.2) is 44.0 Å². The maximum Gasteiger partial charge on any atom is 0.246 e. The van der Waals surface area contributed by atoms with Gasteiger partial charge in [0.25, 0.3) is 0 Å². The Labute approximate surface area is 177 Å². The molecule has 3 rings (SSSR count). The molecule has 0 atom stereocenters. The Balaban J connectivity index is 1.48. The number of benzene rings is 2. The van der Waals surface area contributed by atoms with Gasteiger partial charge in [0.2, 0.25) is 11.8 Å². The highest BCUT2D eigenvalue weighted by atomic mass is 16.5. The van der Waals surface area contributed by atoms with Crippen molar-refractivity contribution >= 4 is 17.9 Å². The van der Waals surface area contributed by atoms with Gasteiger partial charge in [0.15, 0.2) is 11.5 Å². The molecule has 0 radical (unpaired) electrons. The second-order valence-corrected chi connectivity index (χ2v) is 7.25. The number of carbonyl (C=O) groups is 2. The summed E-state index contributed by atoms with van der Waals surface area (Å²) in [6.07, 6.45) is 4.69. The van der Waals surface area contributed by atoms with E-state index in [0.29, 0.717) is 44.0 Å². The summed E-state index contributed by atoms with van der Waals surface area (Å²) in [5.74, 6) is 1.23. The monoisotopic (exact) mass is 408 g/mol. The summed E-state index contributed by atoms with van der Waals surface area (Å²) < 4.78 is 10.5. The van der Waals surface area contributed by atoms with Gasteiger partial charge >= 0.3 is 0 Å². The largest absolute Gasteiger partial charge is 0.493 e. The summed E-state index contributed by atoms with van der Waals surface area (Å²) in [4.78, 5) is 26.7. The molecule has 1 N–H and O–H groups in total. The molecule has 1 aliphatic heterocycles. The molecule has 0 saturated carbocycles. The first-order valence-electron chi connectivity index (χ1n) is 10.1. The molecule has 6 heteroatoms. The van der Waals surface area contributed by atoms with E-state index in [9.17, 15) is 9.59 Å². The summed E-state index contributed by atoms with van der Waals surface area (Å²) in [7, 11) is 3.17. The maximum atomic E-state index is 12.5. The molecular formula is C24H28N2O4. The first-order chi connectivity index (χ1) is 14.6. The van der Waals surface area contributed by atoms with Crippen LogP contribution in [0.15, 0.2) is 54.6 Å². The van der Waals surface area contributed by atoms with Crippen LogP contribution < -0.4 is 14.8 Å². The quantitative estimate of drug-likeness (QED) is 0.714. The van der Waals surface area contributed by atoms with Gasteiger partial charge in [-0.1, -0.05) is 36.4 Å². The number of nitrogens with zero attached hydrogens (tertiary/aromatic N) is 1. The third-order valence-corrected chi connectivity index (χ3v) is 5.31. The van der Waals surface area contributed by atoms with Crippen LogP contribution in [-0.2, 0) is 16.1 Å². The van der Waals surface area contributed by atoms with Gasteiger partial charge in [0.05, 0.1) is 14.2 Å². The predicted octanol–water partition coefficient (Wildman–Crippen LogP) is 3.27. The lowest BCUT2D eigenvalue weighted by atomic mass is 9.95. The van der Waals surface area contributed by atoms with Gasteiger partial charge in [-0.2, -0.15) is 0 Å². The zero-order valence-electron chi connectivity index (χ0n) is 17.5. The third-order valence-electron chi connectivity index (χ3n) is 5.31. The summed E-state index contributed by atoms with van der Waals surface area (Å²) >= 11 is 0. The molecule has 0 bridgehead atoms. The van der Waals surface area contributed by atoms with Gasteiger partial charge in [0, 0.05) is 31.6 Å². The Morgan fingerprint density at radius 1 is 1.03 bits per heavy atom. The molecule has 1 saturated heterocycles. The molecule has 1 aliphatic rings. The highest BCUT2D eigenvalue weighted by Crippen LogP contribution is 2.28. The molecule has 0 unspecified atom stereocenters. The van der Waals surface area contributed by atoms with Crippen molar-refractivity contribution in [1.82, 2.24) is 10.2 Å². The van der Waals surface area contributed by atoms with E-state index in [1.54, 1.807) is 31.3 Å². The van der Waals surface area contributed by atoms with Crippen molar-refractivity contribution in [2.45, 2.75) is 19.4 Å². The Kier molecular flexibility index (Phi) is 7.49. The fraction of sp³-hybridized carbons (Fsp3) is 0.333. The number of nitrogens with one attached hydrogen (secondary N) is 1. The topological polar surface area (TPSA) is 67.9 Å². The molecule has 2 aromatic rings. The first kappa shape index (κ1) is 21.4. The van der Waals surface area contributed by atoms with E-state index in [1.807, 2.05) is 48.5 Å². The minimum atomic E-state index is -0.0485. The number of methoxy groups -OCH3 is 2. The fourth-order valence-corrected chi connectivity index (χ4v) is 3.52. The molecule has 6 nitrogen and oxygen atoms in total. The molecule has 0 aliphatic carbocycles. The molecule has 1 heterocycles. The van der Waals surface area contributed by atoms with Crippen LogP contribution in [0.4, 0.5) is 0 Å². The number of likely N-dealkylation sites (tertiary alicyclic amines) is 1. The van der Waals surface area contributed by atoms with Crippen LogP contribution in [0.25, 0.3) is 6.08 Å². The minimum absolute atomic E-state index is 0.0482. The molecular weight excluding hydrogens is 380 g/mol. The lowest BCUT2D eigenvalue weighted by molar-refractivity contribution is -0.132. The summed E-state index contributed by atoms with van der Waals surface area (Å²) in [6, 6.07) is 15.4. The molecule has 0 aromatic heterocycles. The van der Waals surface area contributed by atoms with Crippen molar-refractivity contribution in [1.29, 1.82) is 0 Å². The number of carbonyl (C=O) groups excluding carboxylic acids is 2. The van der Waals surface area contributed by atoms with E-state index in [2.05, 4.69) is 5.32 Å². The molecule has 158 valence electrons. The van der Waals surface area contributed by atoms with Crippen LogP contribution in [0.3, 0.4) is 0 Å². The zero-order valence-corrected chi connectivity index (χ0v) is 17.5. The molecule has 2 aromatic carbocycles. The minimum Gasteiger partial charge on any atom is -0.493 e. The Morgan fingerprint density at radius 3 is 2.40 bits per heavy atom. The van der Waals surface area contributed by atoms with Crippen molar-refractivity contribution in [3.05, 3.63) is 65.7 Å². The normalized spacial score (nSPS) is 14.5. The number of amides is 2. The third kappa shape index (κ3) is 5.63. The lowest BCUT2D eigenvalue weighted by Crippen LogP contribution is -2.42. The highest BCUT2D eigenvalue weighted by Gasteiger charge is 2.26. The summed E-state index contributed by atoms with van der Waals surface area (Å²) in [5.41, 5.74) is 1.94. The predicted molar refractivity (Wildman–Crippen MR) is 116 cm³/mol. The van der Waals surface area contributed by atoms with Crippen molar-refractivity contribution in [2.24, 2.45) is 5.92 Å². The number of rotatable bonds is 7. The zero-order chi connectivity index (χ0) is 21.3. The summed E-state index contributed by atoms with van der Waals surface area (Å²) in [6.45, 7) is 1.70. The van der Waals surface area contributed by atoms with E-state index in [0.717, 1.165) is 11.1 Å². The summed E-state index contributed by atoms with van der Waals surface area (Å²) in [5, 5.41) is 3.00. The van der Waals surface area contributed by atoms with Crippen molar-refractivity contribution < 1.29 is 19.1 Å². The second kappa shape index (κ2) is 10.5. The van der Waals surface area contributed by atoms with Gasteiger partial charge in [-0.05, 0) is 42.2 Å². The number of hydrogen-bond donors (Lipinski definition) is 1. The Morgan fingerprint density at radius 2 is 1.73 bits per heavy atom. The lowest BCUT2D eigenvalue weighted by Gasteiger charge is -2.30. The van der Waals surface area contributed by atoms with Gasteiger partial charge in [-0.25, -0.2) is 0 Å². The van der Waals surface area contributed by atoms with Crippen molar-refractivity contribution in [3.8, 4) is 11.5 Å². The van der Waals surface area contributed by atoms with E-state index >= 15 is 0 Å². The molecule has 2 amide bonds. The van der Waals surface area contributed by atoms with Gasteiger partial charge in [0.1, 0.15) is 0 Å². The number of hydrogen-bond acceptors (Lipinski definition) is 4. The number of piperidine rings is 1. The van der Waals surface area contributed by atoms with Crippen molar-refractivity contribution in [3.63, 3.8) is 0 Å². The fourth-order valence-electron chi connectivity index (χ4n) is 3.52.